The van der Waals surface area contributed by atoms with Crippen LogP contribution < -0.4 is 5.73 Å². The number of amides is 1. The number of nitrogens with two attached hydrogens (primary N) is 1. The first kappa shape index (κ1) is 25.4. The molecular formula is C21H32Cl2N4O2. The van der Waals surface area contributed by atoms with Crippen LogP contribution in [0.3, 0.4) is 0 Å². The highest BCUT2D eigenvalue weighted by Crippen LogP contribution is 2.21. The van der Waals surface area contributed by atoms with Crippen LogP contribution >= 0.6 is 24.8 Å². The fraction of sp³-hybridized carbons (Fsp3) is 0.524. The lowest BCUT2D eigenvalue weighted by molar-refractivity contribution is 0.00842. The third-order valence-corrected chi connectivity index (χ3v) is 5.28. The van der Waals surface area contributed by atoms with Gasteiger partial charge in [0.2, 0.25) is 0 Å². The summed E-state index contributed by atoms with van der Waals surface area (Å²) >= 11 is 0. The molecule has 2 aromatic heterocycles. The Labute approximate surface area is 185 Å². The molecule has 0 aromatic carbocycles. The minimum absolute atomic E-state index is 0. The number of carbonyl (C=O) groups is 1. The third-order valence-electron chi connectivity index (χ3n) is 5.28. The van der Waals surface area contributed by atoms with Crippen molar-refractivity contribution in [2.45, 2.75) is 45.8 Å². The summed E-state index contributed by atoms with van der Waals surface area (Å²) in [6.07, 6.45) is 4.72. The van der Waals surface area contributed by atoms with Crippen LogP contribution in [0.5, 0.6) is 0 Å². The fourth-order valence-corrected chi connectivity index (χ4v) is 3.64. The molecule has 3 heterocycles. The lowest BCUT2D eigenvalue weighted by Crippen LogP contribution is -2.41. The summed E-state index contributed by atoms with van der Waals surface area (Å²) in [6, 6.07) is 7.92. The first-order valence-electron chi connectivity index (χ1n) is 9.77. The van der Waals surface area contributed by atoms with Crippen molar-refractivity contribution < 1.29 is 9.53 Å². The number of hydrogen-bond donors (Lipinski definition) is 1. The quantitative estimate of drug-likeness (QED) is 0.666. The van der Waals surface area contributed by atoms with E-state index < -0.39 is 0 Å². The summed E-state index contributed by atoms with van der Waals surface area (Å²) in [5, 5.41) is 0. The van der Waals surface area contributed by atoms with E-state index in [0.29, 0.717) is 19.7 Å². The topological polar surface area (TPSA) is 73.4 Å². The molecule has 1 amide bonds. The van der Waals surface area contributed by atoms with Crippen LogP contribution in [0.2, 0.25) is 0 Å². The molecule has 3 rings (SSSR count). The molecule has 0 atom stereocenters. The Bertz CT molecular complexity index is 760. The van der Waals surface area contributed by atoms with Crippen LogP contribution in [-0.4, -0.2) is 52.7 Å². The van der Waals surface area contributed by atoms with Gasteiger partial charge in [-0.05, 0) is 57.9 Å². The van der Waals surface area contributed by atoms with Gasteiger partial charge in [0.1, 0.15) is 0 Å². The molecule has 29 heavy (non-hydrogen) atoms. The highest BCUT2D eigenvalue weighted by molar-refractivity contribution is 5.95. The minimum Gasteiger partial charge on any atom is -0.378 e. The molecular weight excluding hydrogens is 411 g/mol. The molecule has 0 aliphatic carbocycles. The summed E-state index contributed by atoms with van der Waals surface area (Å²) in [7, 11) is 0. The molecule has 1 aliphatic rings. The number of hydrogen-bond acceptors (Lipinski definition) is 4. The molecule has 0 bridgehead atoms. The number of aryl methyl sites for hydroxylation is 1. The predicted octanol–water partition coefficient (Wildman–Crippen LogP) is 3.36. The van der Waals surface area contributed by atoms with E-state index in [9.17, 15) is 4.79 Å². The van der Waals surface area contributed by atoms with E-state index in [1.807, 2.05) is 43.0 Å². The van der Waals surface area contributed by atoms with Gasteiger partial charge in [-0.2, -0.15) is 0 Å². The minimum atomic E-state index is 0. The highest BCUT2D eigenvalue weighted by atomic mass is 35.5. The monoisotopic (exact) mass is 442 g/mol. The van der Waals surface area contributed by atoms with Crippen LogP contribution in [0.15, 0.2) is 30.5 Å². The van der Waals surface area contributed by atoms with Gasteiger partial charge in [0.05, 0.1) is 23.9 Å². The van der Waals surface area contributed by atoms with Gasteiger partial charge in [-0.25, -0.2) is 0 Å². The average molecular weight is 443 g/mol. The normalized spacial score (nSPS) is 14.2. The van der Waals surface area contributed by atoms with Crippen molar-refractivity contribution in [2.75, 3.05) is 26.2 Å². The molecule has 0 unspecified atom stereocenters. The van der Waals surface area contributed by atoms with Gasteiger partial charge in [-0.3, -0.25) is 9.78 Å². The second-order valence-electron chi connectivity index (χ2n) is 7.20. The van der Waals surface area contributed by atoms with Gasteiger partial charge < -0.3 is 19.9 Å². The van der Waals surface area contributed by atoms with E-state index in [4.69, 9.17) is 10.5 Å². The van der Waals surface area contributed by atoms with Crippen LogP contribution in [0, 0.1) is 13.8 Å². The number of piperidine rings is 1. The number of rotatable bonds is 7. The number of halogens is 2. The van der Waals surface area contributed by atoms with Gasteiger partial charge in [0.25, 0.3) is 5.91 Å². The van der Waals surface area contributed by atoms with Crippen molar-refractivity contribution in [2.24, 2.45) is 5.73 Å². The predicted molar refractivity (Wildman–Crippen MR) is 120 cm³/mol. The van der Waals surface area contributed by atoms with Crippen molar-refractivity contribution in [3.05, 3.63) is 53.1 Å². The molecule has 0 saturated carbocycles. The lowest BCUT2D eigenvalue weighted by Gasteiger charge is -2.32. The van der Waals surface area contributed by atoms with Crippen molar-refractivity contribution in [3.63, 3.8) is 0 Å². The largest absolute Gasteiger partial charge is 0.378 e. The zero-order valence-electron chi connectivity index (χ0n) is 17.2. The molecule has 1 aliphatic heterocycles. The van der Waals surface area contributed by atoms with Crippen molar-refractivity contribution in [1.82, 2.24) is 14.5 Å². The number of likely N-dealkylation sites (tertiary alicyclic amines) is 1. The zero-order valence-corrected chi connectivity index (χ0v) is 18.8. The van der Waals surface area contributed by atoms with E-state index >= 15 is 0 Å². The Kier molecular flexibility index (Phi) is 10.7. The molecule has 1 fully saturated rings. The van der Waals surface area contributed by atoms with Crippen molar-refractivity contribution in [1.29, 1.82) is 0 Å². The molecule has 8 heteroatoms. The fourth-order valence-electron chi connectivity index (χ4n) is 3.64. The smallest absolute Gasteiger partial charge is 0.255 e. The van der Waals surface area contributed by atoms with Crippen LogP contribution in [0.1, 0.15) is 46.7 Å². The molecule has 6 nitrogen and oxygen atoms in total. The van der Waals surface area contributed by atoms with Gasteiger partial charge in [-0.1, -0.05) is 6.07 Å². The van der Waals surface area contributed by atoms with E-state index in [0.717, 1.165) is 55.0 Å². The summed E-state index contributed by atoms with van der Waals surface area (Å²) in [4.78, 5) is 19.4. The van der Waals surface area contributed by atoms with Gasteiger partial charge in [0.15, 0.2) is 0 Å². The second-order valence-corrected chi connectivity index (χ2v) is 7.20. The molecule has 162 valence electrons. The molecule has 0 radical (unpaired) electrons. The number of aromatic nitrogens is 2. The SMILES string of the molecule is Cc1cc(C(=O)N2CCC(OCCCN)CC2)c(C)n1Cc1ccccn1.Cl.Cl. The maximum Gasteiger partial charge on any atom is 0.255 e. The second kappa shape index (κ2) is 12.2. The maximum atomic E-state index is 13.0. The van der Waals surface area contributed by atoms with E-state index in [2.05, 4.69) is 9.55 Å². The van der Waals surface area contributed by atoms with E-state index in [1.54, 1.807) is 6.20 Å². The zero-order chi connectivity index (χ0) is 19.2. The third kappa shape index (κ3) is 6.44. The average Bonchev–Trinajstić information content (AvgIpc) is 2.97. The van der Waals surface area contributed by atoms with Gasteiger partial charge in [0, 0.05) is 37.3 Å². The number of ether oxygens (including phenoxy) is 1. The number of pyridine rings is 1. The first-order chi connectivity index (χ1) is 13.1. The molecule has 0 spiro atoms. The number of carbonyl (C=O) groups excluding carboxylic acids is 1. The first-order valence-corrected chi connectivity index (χ1v) is 9.77. The molecule has 1 saturated heterocycles. The summed E-state index contributed by atoms with van der Waals surface area (Å²) in [6.45, 7) is 7.61. The Morgan fingerprint density at radius 1 is 1.24 bits per heavy atom. The van der Waals surface area contributed by atoms with Crippen LogP contribution in [0.25, 0.3) is 0 Å². The van der Waals surface area contributed by atoms with Crippen molar-refractivity contribution in [3.8, 4) is 0 Å². The molecule has 2 aromatic rings. The Balaban J connectivity index is 0.00000210. The van der Waals surface area contributed by atoms with E-state index in [1.165, 1.54) is 0 Å². The van der Waals surface area contributed by atoms with Gasteiger partial charge in [-0.15, -0.1) is 24.8 Å². The standard InChI is InChI=1S/C21H30N4O2.2ClH/c1-16-14-20(17(2)25(16)15-18-6-3-4-10-23-18)21(26)24-11-7-19(8-12-24)27-13-5-9-22;;/h3-4,6,10,14,19H,5,7-9,11-13,15,22H2,1-2H3;2*1H. The summed E-state index contributed by atoms with van der Waals surface area (Å²) < 4.78 is 8.01. The maximum absolute atomic E-state index is 13.0. The van der Waals surface area contributed by atoms with Crippen molar-refractivity contribution >= 4 is 30.7 Å². The molecule has 2 N–H and O–H groups in total. The summed E-state index contributed by atoms with van der Waals surface area (Å²) in [5.41, 5.74) is 9.39. The Morgan fingerprint density at radius 2 is 1.97 bits per heavy atom. The highest BCUT2D eigenvalue weighted by Gasteiger charge is 2.26. The number of nitrogens with zero attached hydrogens (tertiary/aromatic N) is 3. The van der Waals surface area contributed by atoms with Crippen LogP contribution in [-0.2, 0) is 11.3 Å². The Morgan fingerprint density at radius 3 is 2.59 bits per heavy atom. The van der Waals surface area contributed by atoms with Crippen LogP contribution in [0.4, 0.5) is 0 Å². The van der Waals surface area contributed by atoms with E-state index in [-0.39, 0.29) is 36.8 Å². The van der Waals surface area contributed by atoms with Gasteiger partial charge >= 0.3 is 0 Å². The lowest BCUT2D eigenvalue weighted by atomic mass is 10.1. The summed E-state index contributed by atoms with van der Waals surface area (Å²) in [5.74, 6) is 0.121. The Hall–Kier alpha value is -1.60.